The van der Waals surface area contributed by atoms with E-state index in [9.17, 15) is 0 Å². The van der Waals surface area contributed by atoms with E-state index in [1.807, 2.05) is 0 Å². The van der Waals surface area contributed by atoms with Crippen molar-refractivity contribution in [2.24, 2.45) is 5.92 Å². The van der Waals surface area contributed by atoms with Crippen LogP contribution in [0.5, 0.6) is 0 Å². The molecule has 2 fully saturated rings. The van der Waals surface area contributed by atoms with E-state index in [1.165, 1.54) is 12.8 Å². The molecule has 2 atom stereocenters. The first kappa shape index (κ1) is 14.8. The van der Waals surface area contributed by atoms with Crippen molar-refractivity contribution in [3.63, 3.8) is 0 Å². The van der Waals surface area contributed by atoms with Crippen LogP contribution in [0, 0.1) is 5.92 Å². The van der Waals surface area contributed by atoms with Crippen LogP contribution in [0.25, 0.3) is 0 Å². The molecule has 3 rings (SSSR count). The zero-order valence-corrected chi connectivity index (χ0v) is 13.4. The van der Waals surface area contributed by atoms with Gasteiger partial charge in [0.05, 0.1) is 6.10 Å². The maximum Gasteiger partial charge on any atom is 0.231 e. The van der Waals surface area contributed by atoms with E-state index in [2.05, 4.69) is 31.7 Å². The Balaban J connectivity index is 1.81. The van der Waals surface area contributed by atoms with Gasteiger partial charge in [-0.3, -0.25) is 0 Å². The molecule has 3 heterocycles. The summed E-state index contributed by atoms with van der Waals surface area (Å²) in [4.78, 5) is 17.5. The van der Waals surface area contributed by atoms with Crippen LogP contribution < -0.4 is 9.80 Å². The maximum atomic E-state index is 6.10. The number of rotatable bonds is 3. The van der Waals surface area contributed by atoms with Crippen molar-refractivity contribution in [3.8, 4) is 0 Å². The van der Waals surface area contributed by atoms with E-state index in [0.717, 1.165) is 32.6 Å². The van der Waals surface area contributed by atoms with Gasteiger partial charge in [-0.05, 0) is 36.8 Å². The lowest BCUT2D eigenvalue weighted by atomic mass is 9.96. The molecule has 1 aromatic heterocycles. The molecule has 7 heteroatoms. The molecule has 116 valence electrons. The van der Waals surface area contributed by atoms with E-state index < -0.39 is 0 Å². The first-order valence-electron chi connectivity index (χ1n) is 7.61. The van der Waals surface area contributed by atoms with Crippen molar-refractivity contribution >= 4 is 23.5 Å². The van der Waals surface area contributed by atoms with Crippen LogP contribution in [0.15, 0.2) is 0 Å². The fourth-order valence-corrected chi connectivity index (χ4v) is 3.20. The van der Waals surface area contributed by atoms with Crippen LogP contribution in [0.3, 0.4) is 0 Å². The lowest BCUT2D eigenvalue weighted by Crippen LogP contribution is -2.44. The maximum absolute atomic E-state index is 6.10. The Morgan fingerprint density at radius 2 is 1.71 bits per heavy atom. The minimum Gasteiger partial charge on any atom is -0.379 e. The third-order valence-electron chi connectivity index (χ3n) is 4.45. The van der Waals surface area contributed by atoms with Gasteiger partial charge in [0.15, 0.2) is 0 Å². The molecule has 0 radical (unpaired) electrons. The molecule has 0 amide bonds. The topological polar surface area (TPSA) is 54.4 Å². The summed E-state index contributed by atoms with van der Waals surface area (Å²) in [6, 6.07) is 0. The zero-order valence-electron chi connectivity index (χ0n) is 12.6. The first-order chi connectivity index (χ1) is 10.2. The lowest BCUT2D eigenvalue weighted by molar-refractivity contribution is 0.0494. The number of hydrogen-bond donors (Lipinski definition) is 0. The van der Waals surface area contributed by atoms with E-state index in [4.69, 9.17) is 16.3 Å². The summed E-state index contributed by atoms with van der Waals surface area (Å²) >= 11 is 6.10. The summed E-state index contributed by atoms with van der Waals surface area (Å²) in [5.74, 6) is 1.93. The molecule has 21 heavy (non-hydrogen) atoms. The summed E-state index contributed by atoms with van der Waals surface area (Å²) in [7, 11) is 1.76. The molecular weight excluding hydrogens is 290 g/mol. The van der Waals surface area contributed by atoms with Gasteiger partial charge in [0.2, 0.25) is 17.2 Å². The first-order valence-corrected chi connectivity index (χ1v) is 7.99. The summed E-state index contributed by atoms with van der Waals surface area (Å²) in [6.45, 7) is 5.95. The van der Waals surface area contributed by atoms with Crippen molar-refractivity contribution in [2.45, 2.75) is 32.3 Å². The van der Waals surface area contributed by atoms with Crippen molar-refractivity contribution in [1.82, 2.24) is 15.0 Å². The second-order valence-corrected chi connectivity index (χ2v) is 6.22. The summed E-state index contributed by atoms with van der Waals surface area (Å²) in [5, 5.41) is 0.273. The van der Waals surface area contributed by atoms with E-state index in [-0.39, 0.29) is 11.4 Å². The number of ether oxygens (including phenoxy) is 1. The molecular formula is C14H22ClN5O. The van der Waals surface area contributed by atoms with Gasteiger partial charge in [-0.1, -0.05) is 6.92 Å². The fraction of sp³-hybridized carbons (Fsp3) is 0.786. The SMILES string of the molecule is COC1CN(c2nc(Cl)nc(N3CCCC3)n2)CCC1C. The Labute approximate surface area is 130 Å². The van der Waals surface area contributed by atoms with Gasteiger partial charge in [0.25, 0.3) is 0 Å². The quantitative estimate of drug-likeness (QED) is 0.851. The largest absolute Gasteiger partial charge is 0.379 e. The number of aromatic nitrogens is 3. The van der Waals surface area contributed by atoms with E-state index in [1.54, 1.807) is 7.11 Å². The number of nitrogens with zero attached hydrogens (tertiary/aromatic N) is 5. The summed E-state index contributed by atoms with van der Waals surface area (Å²) < 4.78 is 5.56. The van der Waals surface area contributed by atoms with Crippen LogP contribution in [-0.4, -0.2) is 54.3 Å². The molecule has 0 aromatic carbocycles. The number of piperidine rings is 1. The van der Waals surface area contributed by atoms with Crippen molar-refractivity contribution in [2.75, 3.05) is 43.1 Å². The molecule has 2 saturated heterocycles. The second-order valence-electron chi connectivity index (χ2n) is 5.88. The Morgan fingerprint density at radius 1 is 1.05 bits per heavy atom. The van der Waals surface area contributed by atoms with Gasteiger partial charge in [-0.15, -0.1) is 0 Å². The molecule has 0 spiro atoms. The second kappa shape index (κ2) is 6.32. The van der Waals surface area contributed by atoms with Crippen LogP contribution in [0.2, 0.25) is 5.28 Å². The Kier molecular flexibility index (Phi) is 4.45. The number of methoxy groups -OCH3 is 1. The van der Waals surface area contributed by atoms with Crippen LogP contribution in [0.1, 0.15) is 26.2 Å². The normalized spacial score (nSPS) is 26.4. The highest BCUT2D eigenvalue weighted by Gasteiger charge is 2.28. The number of hydrogen-bond acceptors (Lipinski definition) is 6. The molecule has 1 aromatic rings. The monoisotopic (exact) mass is 311 g/mol. The molecule has 2 aliphatic rings. The smallest absolute Gasteiger partial charge is 0.231 e. The van der Waals surface area contributed by atoms with Crippen LogP contribution >= 0.6 is 11.6 Å². The van der Waals surface area contributed by atoms with Crippen molar-refractivity contribution < 1.29 is 4.74 Å². The number of halogens is 1. The van der Waals surface area contributed by atoms with E-state index in [0.29, 0.717) is 17.8 Å². The Morgan fingerprint density at radius 3 is 2.38 bits per heavy atom. The minimum absolute atomic E-state index is 0.213. The molecule has 0 bridgehead atoms. The predicted octanol–water partition coefficient (Wildman–Crippen LogP) is 1.99. The molecule has 2 unspecified atom stereocenters. The standard InChI is InChI=1S/C14H22ClN5O/c1-10-5-8-20(9-11(10)21-2)14-17-12(15)16-13(18-14)19-6-3-4-7-19/h10-11H,3-9H2,1-2H3. The summed E-state index contributed by atoms with van der Waals surface area (Å²) in [5.41, 5.74) is 0. The average molecular weight is 312 g/mol. The molecule has 0 N–H and O–H groups in total. The number of anilines is 2. The van der Waals surface area contributed by atoms with Gasteiger partial charge >= 0.3 is 0 Å². The van der Waals surface area contributed by atoms with Gasteiger partial charge in [-0.25, -0.2) is 0 Å². The summed E-state index contributed by atoms with van der Waals surface area (Å²) in [6.07, 6.45) is 3.66. The zero-order chi connectivity index (χ0) is 14.8. The van der Waals surface area contributed by atoms with Gasteiger partial charge < -0.3 is 14.5 Å². The third kappa shape index (κ3) is 3.21. The van der Waals surface area contributed by atoms with Gasteiger partial charge in [0, 0.05) is 33.3 Å². The highest BCUT2D eigenvalue weighted by molar-refractivity contribution is 6.28. The molecule has 0 saturated carbocycles. The van der Waals surface area contributed by atoms with E-state index >= 15 is 0 Å². The van der Waals surface area contributed by atoms with Gasteiger partial charge in [0.1, 0.15) is 0 Å². The van der Waals surface area contributed by atoms with Crippen molar-refractivity contribution in [3.05, 3.63) is 5.28 Å². The fourth-order valence-electron chi connectivity index (χ4n) is 3.05. The van der Waals surface area contributed by atoms with Crippen LogP contribution in [0.4, 0.5) is 11.9 Å². The Hall–Kier alpha value is -1.14. The highest BCUT2D eigenvalue weighted by Crippen LogP contribution is 2.25. The molecule has 6 nitrogen and oxygen atoms in total. The van der Waals surface area contributed by atoms with Crippen LogP contribution in [-0.2, 0) is 4.74 Å². The highest BCUT2D eigenvalue weighted by atomic mass is 35.5. The predicted molar refractivity (Wildman–Crippen MR) is 83.1 cm³/mol. The third-order valence-corrected chi connectivity index (χ3v) is 4.62. The minimum atomic E-state index is 0.213. The van der Waals surface area contributed by atoms with Crippen molar-refractivity contribution in [1.29, 1.82) is 0 Å². The Bertz CT molecular complexity index is 494. The van der Waals surface area contributed by atoms with Gasteiger partial charge in [-0.2, -0.15) is 15.0 Å². The molecule has 0 aliphatic carbocycles. The lowest BCUT2D eigenvalue weighted by Gasteiger charge is -2.36. The molecule has 2 aliphatic heterocycles. The average Bonchev–Trinajstić information content (AvgIpc) is 3.01.